The summed E-state index contributed by atoms with van der Waals surface area (Å²) in [4.78, 5) is 11.6. The molecule has 0 aliphatic carbocycles. The van der Waals surface area contributed by atoms with Gasteiger partial charge in [-0.15, -0.1) is 5.92 Å². The van der Waals surface area contributed by atoms with Gasteiger partial charge >= 0.3 is 5.97 Å². The number of benzene rings is 1. The molecule has 0 amide bonds. The number of carboxylic acids is 1. The number of aliphatic carboxylic acids is 1. The predicted molar refractivity (Wildman–Crippen MR) is 82.6 cm³/mol. The van der Waals surface area contributed by atoms with Gasteiger partial charge in [-0.1, -0.05) is 34.0 Å². The van der Waals surface area contributed by atoms with E-state index in [9.17, 15) is 9.90 Å². The second-order valence-electron chi connectivity index (χ2n) is 4.73. The van der Waals surface area contributed by atoms with Crippen molar-refractivity contribution in [2.75, 3.05) is 13.2 Å². The van der Waals surface area contributed by atoms with E-state index < -0.39 is 11.4 Å². The lowest BCUT2D eigenvalue weighted by molar-refractivity contribution is -0.143. The topological polar surface area (TPSA) is 46.5 Å². The number of hydrogen-bond acceptors (Lipinski definition) is 2. The Morgan fingerprint density at radius 3 is 2.85 bits per heavy atom. The van der Waals surface area contributed by atoms with Crippen molar-refractivity contribution in [3.8, 4) is 11.8 Å². The van der Waals surface area contributed by atoms with Crippen LogP contribution in [-0.4, -0.2) is 24.3 Å². The molecule has 0 aromatic heterocycles. The largest absolute Gasteiger partial charge is 0.481 e. The van der Waals surface area contributed by atoms with Gasteiger partial charge in [0, 0.05) is 11.1 Å². The predicted octanol–water partition coefficient (Wildman–Crippen LogP) is 3.61. The van der Waals surface area contributed by atoms with Crippen LogP contribution in [0.5, 0.6) is 0 Å². The highest BCUT2D eigenvalue weighted by molar-refractivity contribution is 9.10. The van der Waals surface area contributed by atoms with E-state index in [1.165, 1.54) is 0 Å². The fourth-order valence-electron chi connectivity index (χ4n) is 1.93. The molecule has 20 heavy (non-hydrogen) atoms. The summed E-state index contributed by atoms with van der Waals surface area (Å²) in [7, 11) is 0. The molecule has 1 unspecified atom stereocenters. The standard InChI is InChI=1S/C16H19BrO3/c1-3-4-10-20-11-6-9-16(2,15(18)19)13-7-5-8-14(17)12-13/h5,7-8,12H,6,9-11H2,1-2H3,(H,18,19). The number of ether oxygens (including phenoxy) is 1. The second kappa shape index (κ2) is 8.08. The van der Waals surface area contributed by atoms with E-state index in [0.717, 1.165) is 10.0 Å². The number of carboxylic acid groups (broad SMARTS) is 1. The van der Waals surface area contributed by atoms with Crippen molar-refractivity contribution in [1.29, 1.82) is 0 Å². The Bertz CT molecular complexity index is 516. The minimum Gasteiger partial charge on any atom is -0.481 e. The van der Waals surface area contributed by atoms with Crippen molar-refractivity contribution in [3.63, 3.8) is 0 Å². The van der Waals surface area contributed by atoms with E-state index in [1.807, 2.05) is 24.3 Å². The van der Waals surface area contributed by atoms with Crippen molar-refractivity contribution >= 4 is 21.9 Å². The Morgan fingerprint density at radius 2 is 2.25 bits per heavy atom. The van der Waals surface area contributed by atoms with E-state index in [-0.39, 0.29) is 0 Å². The maximum atomic E-state index is 11.6. The van der Waals surface area contributed by atoms with E-state index in [1.54, 1.807) is 13.8 Å². The fraction of sp³-hybridized carbons (Fsp3) is 0.438. The van der Waals surface area contributed by atoms with Gasteiger partial charge in [-0.25, -0.2) is 0 Å². The van der Waals surface area contributed by atoms with Crippen molar-refractivity contribution < 1.29 is 14.6 Å². The van der Waals surface area contributed by atoms with Crippen LogP contribution in [-0.2, 0) is 14.9 Å². The zero-order valence-corrected chi connectivity index (χ0v) is 13.4. The van der Waals surface area contributed by atoms with Crippen LogP contribution < -0.4 is 0 Å². The molecule has 1 N–H and O–H groups in total. The van der Waals surface area contributed by atoms with Crippen LogP contribution in [0.15, 0.2) is 28.7 Å². The average molecular weight is 339 g/mol. The summed E-state index contributed by atoms with van der Waals surface area (Å²) in [5.74, 6) is 4.75. The minimum absolute atomic E-state index is 0.400. The van der Waals surface area contributed by atoms with Gasteiger partial charge in [0.05, 0.1) is 5.41 Å². The summed E-state index contributed by atoms with van der Waals surface area (Å²) >= 11 is 3.38. The van der Waals surface area contributed by atoms with E-state index >= 15 is 0 Å². The van der Waals surface area contributed by atoms with Crippen LogP contribution in [0.25, 0.3) is 0 Å². The molecule has 1 atom stereocenters. The molecule has 1 aromatic rings. The highest BCUT2D eigenvalue weighted by atomic mass is 79.9. The molecular weight excluding hydrogens is 320 g/mol. The van der Waals surface area contributed by atoms with Gasteiger partial charge in [0.2, 0.25) is 0 Å². The highest BCUT2D eigenvalue weighted by Crippen LogP contribution is 2.31. The first kappa shape index (κ1) is 16.7. The quantitative estimate of drug-likeness (QED) is 0.610. The Morgan fingerprint density at radius 1 is 1.50 bits per heavy atom. The zero-order chi connectivity index (χ0) is 15.0. The zero-order valence-electron chi connectivity index (χ0n) is 11.8. The Labute approximate surface area is 128 Å². The first-order chi connectivity index (χ1) is 9.50. The fourth-order valence-corrected chi connectivity index (χ4v) is 2.33. The summed E-state index contributed by atoms with van der Waals surface area (Å²) in [5.41, 5.74) is -0.100. The molecule has 4 heteroatoms. The van der Waals surface area contributed by atoms with Crippen molar-refractivity contribution in [2.45, 2.75) is 32.1 Å². The molecule has 0 fully saturated rings. The monoisotopic (exact) mass is 338 g/mol. The number of hydrogen-bond donors (Lipinski definition) is 1. The average Bonchev–Trinajstić information content (AvgIpc) is 2.42. The maximum Gasteiger partial charge on any atom is 0.313 e. The molecule has 0 aliphatic rings. The number of rotatable bonds is 7. The Balaban J connectivity index is 2.67. The summed E-state index contributed by atoms with van der Waals surface area (Å²) in [6.07, 6.45) is 1.21. The summed E-state index contributed by atoms with van der Waals surface area (Å²) < 4.78 is 6.22. The highest BCUT2D eigenvalue weighted by Gasteiger charge is 2.34. The van der Waals surface area contributed by atoms with Crippen LogP contribution in [0, 0.1) is 11.8 Å². The van der Waals surface area contributed by atoms with Crippen molar-refractivity contribution in [2.24, 2.45) is 0 Å². The molecule has 0 spiro atoms. The van der Waals surface area contributed by atoms with Gasteiger partial charge in [-0.05, 0) is 44.4 Å². The van der Waals surface area contributed by atoms with E-state index in [4.69, 9.17) is 4.74 Å². The van der Waals surface area contributed by atoms with Gasteiger partial charge in [0.1, 0.15) is 6.61 Å². The Hall–Kier alpha value is -1.31. The summed E-state index contributed by atoms with van der Waals surface area (Å²) in [6, 6.07) is 7.45. The van der Waals surface area contributed by atoms with Crippen LogP contribution >= 0.6 is 15.9 Å². The van der Waals surface area contributed by atoms with Crippen LogP contribution in [0.4, 0.5) is 0 Å². The molecule has 1 rings (SSSR count). The van der Waals surface area contributed by atoms with E-state index in [2.05, 4.69) is 27.8 Å². The molecule has 1 aromatic carbocycles. The van der Waals surface area contributed by atoms with Gasteiger partial charge in [0.15, 0.2) is 0 Å². The van der Waals surface area contributed by atoms with Gasteiger partial charge in [-0.2, -0.15) is 0 Å². The third kappa shape index (κ3) is 4.66. The molecule has 3 nitrogen and oxygen atoms in total. The smallest absolute Gasteiger partial charge is 0.313 e. The molecule has 0 bridgehead atoms. The Kier molecular flexibility index (Phi) is 6.77. The van der Waals surface area contributed by atoms with Gasteiger partial charge < -0.3 is 9.84 Å². The van der Waals surface area contributed by atoms with Gasteiger partial charge in [-0.3, -0.25) is 4.79 Å². The van der Waals surface area contributed by atoms with Crippen molar-refractivity contribution in [3.05, 3.63) is 34.3 Å². The molecular formula is C16H19BrO3. The molecule has 0 radical (unpaired) electrons. The maximum absolute atomic E-state index is 11.6. The molecule has 108 valence electrons. The second-order valence-corrected chi connectivity index (χ2v) is 5.65. The minimum atomic E-state index is -0.899. The molecule has 0 saturated heterocycles. The van der Waals surface area contributed by atoms with Gasteiger partial charge in [0.25, 0.3) is 0 Å². The van der Waals surface area contributed by atoms with Crippen LogP contribution in [0.2, 0.25) is 0 Å². The SMILES string of the molecule is CC#CCOCCCC(C)(C(=O)O)c1cccc(Br)c1. The first-order valence-corrected chi connectivity index (χ1v) is 7.27. The van der Waals surface area contributed by atoms with Crippen LogP contribution in [0.3, 0.4) is 0 Å². The third-order valence-electron chi connectivity index (χ3n) is 3.25. The molecule has 0 aliphatic heterocycles. The lowest BCUT2D eigenvalue weighted by Gasteiger charge is -2.25. The van der Waals surface area contributed by atoms with E-state index in [0.29, 0.717) is 26.1 Å². The van der Waals surface area contributed by atoms with Crippen LogP contribution in [0.1, 0.15) is 32.3 Å². The summed E-state index contributed by atoms with van der Waals surface area (Å²) in [6.45, 7) is 4.43. The molecule has 0 saturated carbocycles. The summed E-state index contributed by atoms with van der Waals surface area (Å²) in [5, 5.41) is 9.54. The lowest BCUT2D eigenvalue weighted by Crippen LogP contribution is -2.32. The van der Waals surface area contributed by atoms with Crippen molar-refractivity contribution in [1.82, 2.24) is 0 Å². The number of carbonyl (C=O) groups is 1. The lowest BCUT2D eigenvalue weighted by atomic mass is 9.79. The third-order valence-corrected chi connectivity index (χ3v) is 3.74. The molecule has 0 heterocycles. The first-order valence-electron chi connectivity index (χ1n) is 6.47. The number of halogens is 1. The normalized spacial score (nSPS) is 13.2.